The molecule has 2 rings (SSSR count). The molecule has 0 aromatic heterocycles. The Labute approximate surface area is 138 Å². The number of nitrogens with one attached hydrogen (secondary N) is 1. The summed E-state index contributed by atoms with van der Waals surface area (Å²) in [5.41, 5.74) is 0.848. The van der Waals surface area contributed by atoms with Gasteiger partial charge < -0.3 is 10.1 Å². The number of halogens is 4. The third-order valence-corrected chi connectivity index (χ3v) is 4.01. The Hall–Kier alpha value is -0.980. The predicted molar refractivity (Wildman–Crippen MR) is 85.7 cm³/mol. The molecule has 2 aromatic rings. The van der Waals surface area contributed by atoms with Gasteiger partial charge in [-0.15, -0.1) is 0 Å². The van der Waals surface area contributed by atoms with Gasteiger partial charge in [0.25, 0.3) is 0 Å². The standard InChI is InChI=1S/C15H13Br2F2NO/c1-8(20-2)11-4-3-9(16)6-13(11)21-14-7-10(17)5-12(18)15(14)19/h3-8,20H,1-2H3. The Bertz CT molecular complexity index is 664. The molecule has 0 saturated heterocycles. The molecule has 6 heteroatoms. The topological polar surface area (TPSA) is 21.3 Å². The van der Waals surface area contributed by atoms with Crippen LogP contribution in [0.5, 0.6) is 11.5 Å². The molecule has 112 valence electrons. The SMILES string of the molecule is CNC(C)c1ccc(Br)cc1Oc1cc(Br)cc(F)c1F. The van der Waals surface area contributed by atoms with E-state index in [2.05, 4.69) is 37.2 Å². The van der Waals surface area contributed by atoms with Crippen molar-refractivity contribution in [2.45, 2.75) is 13.0 Å². The molecule has 0 saturated carbocycles. The number of rotatable bonds is 4. The summed E-state index contributed by atoms with van der Waals surface area (Å²) in [4.78, 5) is 0. The average Bonchev–Trinajstić information content (AvgIpc) is 2.43. The fourth-order valence-corrected chi connectivity index (χ4v) is 2.58. The van der Waals surface area contributed by atoms with Crippen LogP contribution >= 0.6 is 31.9 Å². The van der Waals surface area contributed by atoms with Crippen molar-refractivity contribution in [2.75, 3.05) is 7.05 Å². The van der Waals surface area contributed by atoms with Crippen LogP contribution in [0.15, 0.2) is 39.3 Å². The van der Waals surface area contributed by atoms with Gasteiger partial charge in [0.2, 0.25) is 5.82 Å². The second-order valence-corrected chi connectivity index (χ2v) is 6.33. The van der Waals surface area contributed by atoms with Crippen molar-refractivity contribution in [3.8, 4) is 11.5 Å². The third-order valence-electron chi connectivity index (χ3n) is 3.05. The van der Waals surface area contributed by atoms with Crippen molar-refractivity contribution in [1.82, 2.24) is 5.32 Å². The summed E-state index contributed by atoms with van der Waals surface area (Å²) in [6.07, 6.45) is 0. The van der Waals surface area contributed by atoms with E-state index < -0.39 is 11.6 Å². The van der Waals surface area contributed by atoms with E-state index in [1.54, 1.807) is 6.07 Å². The molecule has 0 heterocycles. The van der Waals surface area contributed by atoms with E-state index in [1.807, 2.05) is 26.1 Å². The van der Waals surface area contributed by atoms with Crippen molar-refractivity contribution in [3.05, 3.63) is 56.5 Å². The van der Waals surface area contributed by atoms with Crippen molar-refractivity contribution in [1.29, 1.82) is 0 Å². The molecule has 1 atom stereocenters. The summed E-state index contributed by atoms with van der Waals surface area (Å²) >= 11 is 6.48. The van der Waals surface area contributed by atoms with Crippen LogP contribution < -0.4 is 10.1 Å². The molecule has 0 spiro atoms. The van der Waals surface area contributed by atoms with Crippen LogP contribution in [0.3, 0.4) is 0 Å². The van der Waals surface area contributed by atoms with Crippen LogP contribution in [-0.2, 0) is 0 Å². The molecule has 2 nitrogen and oxygen atoms in total. The highest BCUT2D eigenvalue weighted by Crippen LogP contribution is 2.35. The fraction of sp³-hybridized carbons (Fsp3) is 0.200. The van der Waals surface area contributed by atoms with Crippen LogP contribution in [0.2, 0.25) is 0 Å². The van der Waals surface area contributed by atoms with Crippen LogP contribution in [-0.4, -0.2) is 7.05 Å². The first kappa shape index (κ1) is 16.4. The second kappa shape index (κ2) is 6.85. The quantitative estimate of drug-likeness (QED) is 0.653. The van der Waals surface area contributed by atoms with Crippen LogP contribution in [0.25, 0.3) is 0 Å². The largest absolute Gasteiger partial charge is 0.454 e. The fourth-order valence-electron chi connectivity index (χ4n) is 1.83. The predicted octanol–water partition coefficient (Wildman–Crippen LogP) is 5.56. The summed E-state index contributed by atoms with van der Waals surface area (Å²) in [5.74, 6) is -1.68. The first-order valence-electron chi connectivity index (χ1n) is 6.21. The molecule has 0 amide bonds. The van der Waals surface area contributed by atoms with Gasteiger partial charge in [0.15, 0.2) is 11.6 Å². The van der Waals surface area contributed by atoms with E-state index >= 15 is 0 Å². The minimum Gasteiger partial charge on any atom is -0.454 e. The van der Waals surface area contributed by atoms with Gasteiger partial charge >= 0.3 is 0 Å². The van der Waals surface area contributed by atoms with Crippen LogP contribution in [0, 0.1) is 11.6 Å². The summed E-state index contributed by atoms with van der Waals surface area (Å²) < 4.78 is 34.1. The van der Waals surface area contributed by atoms with E-state index in [9.17, 15) is 8.78 Å². The summed E-state index contributed by atoms with van der Waals surface area (Å²) in [5, 5.41) is 3.09. The first-order valence-corrected chi connectivity index (χ1v) is 7.80. The molecule has 0 aliphatic heterocycles. The number of benzene rings is 2. The number of ether oxygens (including phenoxy) is 1. The van der Waals surface area contributed by atoms with Gasteiger partial charge in [0, 0.05) is 20.6 Å². The zero-order valence-electron chi connectivity index (χ0n) is 11.4. The maximum Gasteiger partial charge on any atom is 0.201 e. The number of hydrogen-bond acceptors (Lipinski definition) is 2. The van der Waals surface area contributed by atoms with Crippen molar-refractivity contribution < 1.29 is 13.5 Å². The number of hydrogen-bond donors (Lipinski definition) is 1. The highest BCUT2D eigenvalue weighted by Gasteiger charge is 2.16. The normalized spacial score (nSPS) is 12.3. The Morgan fingerprint density at radius 2 is 1.71 bits per heavy atom. The zero-order chi connectivity index (χ0) is 15.6. The van der Waals surface area contributed by atoms with Crippen LogP contribution in [0.1, 0.15) is 18.5 Å². The molecule has 1 N–H and O–H groups in total. The van der Waals surface area contributed by atoms with E-state index in [0.29, 0.717) is 10.2 Å². The molecule has 0 fully saturated rings. The molecule has 21 heavy (non-hydrogen) atoms. The maximum absolute atomic E-state index is 13.8. The highest BCUT2D eigenvalue weighted by atomic mass is 79.9. The van der Waals surface area contributed by atoms with E-state index in [0.717, 1.165) is 16.1 Å². The van der Waals surface area contributed by atoms with Crippen molar-refractivity contribution >= 4 is 31.9 Å². The Balaban J connectivity index is 2.46. The average molecular weight is 421 g/mol. The van der Waals surface area contributed by atoms with Gasteiger partial charge in [-0.1, -0.05) is 37.9 Å². The van der Waals surface area contributed by atoms with Crippen LogP contribution in [0.4, 0.5) is 8.78 Å². The lowest BCUT2D eigenvalue weighted by molar-refractivity contribution is 0.408. The Morgan fingerprint density at radius 3 is 2.38 bits per heavy atom. The Morgan fingerprint density at radius 1 is 1.05 bits per heavy atom. The summed E-state index contributed by atoms with van der Waals surface area (Å²) in [6, 6.07) is 7.92. The van der Waals surface area contributed by atoms with Gasteiger partial charge in [-0.25, -0.2) is 4.39 Å². The molecule has 0 aliphatic rings. The van der Waals surface area contributed by atoms with Gasteiger partial charge in [0.05, 0.1) is 0 Å². The second-order valence-electron chi connectivity index (χ2n) is 4.49. The molecule has 0 bridgehead atoms. The first-order chi connectivity index (χ1) is 9.92. The van der Waals surface area contributed by atoms with Crippen molar-refractivity contribution in [2.24, 2.45) is 0 Å². The van der Waals surface area contributed by atoms with E-state index in [1.165, 1.54) is 6.07 Å². The molecule has 1 unspecified atom stereocenters. The summed E-state index contributed by atoms with van der Waals surface area (Å²) in [6.45, 7) is 1.95. The highest BCUT2D eigenvalue weighted by molar-refractivity contribution is 9.10. The van der Waals surface area contributed by atoms with E-state index in [4.69, 9.17) is 4.74 Å². The van der Waals surface area contributed by atoms with Gasteiger partial charge in [-0.2, -0.15) is 4.39 Å². The monoisotopic (exact) mass is 419 g/mol. The molecule has 0 radical (unpaired) electrons. The minimum absolute atomic E-state index is 0.00756. The van der Waals surface area contributed by atoms with Gasteiger partial charge in [0.1, 0.15) is 5.75 Å². The lowest BCUT2D eigenvalue weighted by atomic mass is 10.1. The third kappa shape index (κ3) is 3.81. The molecule has 2 aromatic carbocycles. The maximum atomic E-state index is 13.8. The van der Waals surface area contributed by atoms with Crippen molar-refractivity contribution in [3.63, 3.8) is 0 Å². The lowest BCUT2D eigenvalue weighted by Gasteiger charge is -2.17. The lowest BCUT2D eigenvalue weighted by Crippen LogP contribution is -2.13. The molecular formula is C15H13Br2F2NO. The molecule has 0 aliphatic carbocycles. The minimum atomic E-state index is -1.01. The Kier molecular flexibility index (Phi) is 5.35. The zero-order valence-corrected chi connectivity index (χ0v) is 14.6. The van der Waals surface area contributed by atoms with Gasteiger partial charge in [-0.05, 0) is 38.2 Å². The molecular weight excluding hydrogens is 408 g/mol. The summed E-state index contributed by atoms with van der Waals surface area (Å²) in [7, 11) is 1.82. The smallest absolute Gasteiger partial charge is 0.201 e. The van der Waals surface area contributed by atoms with E-state index in [-0.39, 0.29) is 11.8 Å². The van der Waals surface area contributed by atoms with Gasteiger partial charge in [-0.3, -0.25) is 0 Å².